The van der Waals surface area contributed by atoms with E-state index >= 15 is 0 Å². The van der Waals surface area contributed by atoms with Gasteiger partial charge in [0.05, 0.1) is 17.7 Å². The van der Waals surface area contributed by atoms with Crippen molar-refractivity contribution >= 4 is 23.3 Å². The summed E-state index contributed by atoms with van der Waals surface area (Å²) in [4.78, 5) is 18.8. The first-order chi connectivity index (χ1) is 12.6. The van der Waals surface area contributed by atoms with Gasteiger partial charge in [0.2, 0.25) is 17.6 Å². The molecule has 9 nitrogen and oxygen atoms in total. The van der Waals surface area contributed by atoms with Crippen LogP contribution in [-0.2, 0) is 13.0 Å². The van der Waals surface area contributed by atoms with Crippen molar-refractivity contribution in [3.8, 4) is 0 Å². The number of furan rings is 1. The number of aromatic nitrogens is 2. The molecule has 0 atom stereocenters. The molecule has 2 heterocycles. The fraction of sp³-hybridized carbons (Fsp3) is 0.176. The Bertz CT molecular complexity index is 868. The molecule has 0 bridgehead atoms. The molecule has 9 heteroatoms. The molecule has 0 unspecified atom stereocenters. The van der Waals surface area contributed by atoms with E-state index in [9.17, 15) is 10.1 Å². The Morgan fingerprint density at radius 1 is 1.12 bits per heavy atom. The number of hydrogen-bond acceptors (Lipinski definition) is 8. The molecule has 3 rings (SSSR count). The summed E-state index contributed by atoms with van der Waals surface area (Å²) in [6.07, 6.45) is 2.28. The van der Waals surface area contributed by atoms with Gasteiger partial charge in [-0.1, -0.05) is 30.3 Å². The number of nitrogens with one attached hydrogen (secondary N) is 2. The Labute approximate surface area is 149 Å². The normalized spacial score (nSPS) is 10.5. The summed E-state index contributed by atoms with van der Waals surface area (Å²) in [6.45, 7) is 0.812. The van der Waals surface area contributed by atoms with Crippen molar-refractivity contribution < 1.29 is 9.34 Å². The van der Waals surface area contributed by atoms with Gasteiger partial charge in [-0.25, -0.2) is 0 Å². The number of hydrogen-bond donors (Lipinski definition) is 3. The van der Waals surface area contributed by atoms with Gasteiger partial charge < -0.3 is 20.8 Å². The summed E-state index contributed by atoms with van der Waals surface area (Å²) in [5.74, 6) is 0.691. The maximum Gasteiger partial charge on any atom is 0.353 e. The maximum atomic E-state index is 11.3. The summed E-state index contributed by atoms with van der Waals surface area (Å²) >= 11 is 0. The fourth-order valence-electron chi connectivity index (χ4n) is 2.40. The van der Waals surface area contributed by atoms with Gasteiger partial charge in [-0.2, -0.15) is 9.97 Å². The van der Waals surface area contributed by atoms with Gasteiger partial charge >= 0.3 is 5.69 Å². The van der Waals surface area contributed by atoms with Crippen LogP contribution in [0.25, 0.3) is 0 Å². The SMILES string of the molecule is Nc1nc(NCCc2ccccc2)nc(NCc2ccco2)c1[N+](=O)[O-]. The summed E-state index contributed by atoms with van der Waals surface area (Å²) < 4.78 is 5.21. The van der Waals surface area contributed by atoms with E-state index in [4.69, 9.17) is 10.2 Å². The second kappa shape index (κ2) is 7.97. The largest absolute Gasteiger partial charge is 0.467 e. The van der Waals surface area contributed by atoms with Gasteiger partial charge in [0, 0.05) is 6.54 Å². The van der Waals surface area contributed by atoms with E-state index in [0.29, 0.717) is 12.3 Å². The summed E-state index contributed by atoms with van der Waals surface area (Å²) in [5, 5.41) is 17.2. The van der Waals surface area contributed by atoms with Crippen LogP contribution in [0.5, 0.6) is 0 Å². The zero-order valence-electron chi connectivity index (χ0n) is 13.9. The van der Waals surface area contributed by atoms with Gasteiger partial charge in [-0.3, -0.25) is 10.1 Å². The molecule has 1 aromatic carbocycles. The predicted octanol–water partition coefficient (Wildman–Crippen LogP) is 2.83. The van der Waals surface area contributed by atoms with E-state index in [1.54, 1.807) is 12.1 Å². The molecular weight excluding hydrogens is 336 g/mol. The van der Waals surface area contributed by atoms with Crippen LogP contribution in [-0.4, -0.2) is 21.4 Å². The van der Waals surface area contributed by atoms with Crippen molar-refractivity contribution in [3.05, 3.63) is 70.2 Å². The Balaban J connectivity index is 1.72. The number of nitro groups is 1. The van der Waals surface area contributed by atoms with E-state index in [2.05, 4.69) is 20.6 Å². The van der Waals surface area contributed by atoms with Gasteiger partial charge in [0.25, 0.3) is 0 Å². The molecule has 0 spiro atoms. The Morgan fingerprint density at radius 2 is 1.92 bits per heavy atom. The molecule has 0 fully saturated rings. The number of nitrogens with zero attached hydrogens (tertiary/aromatic N) is 3. The summed E-state index contributed by atoms with van der Waals surface area (Å²) in [7, 11) is 0. The first-order valence-corrected chi connectivity index (χ1v) is 7.99. The van der Waals surface area contributed by atoms with Gasteiger partial charge in [-0.05, 0) is 24.1 Å². The highest BCUT2D eigenvalue weighted by molar-refractivity contribution is 5.69. The molecule has 2 aromatic heterocycles. The molecule has 26 heavy (non-hydrogen) atoms. The van der Waals surface area contributed by atoms with Crippen LogP contribution in [0.3, 0.4) is 0 Å². The van der Waals surface area contributed by atoms with E-state index in [1.165, 1.54) is 6.26 Å². The maximum absolute atomic E-state index is 11.3. The first-order valence-electron chi connectivity index (χ1n) is 7.99. The number of benzene rings is 1. The van der Waals surface area contributed by atoms with Gasteiger partial charge in [0.15, 0.2) is 0 Å². The molecule has 0 aliphatic heterocycles. The van der Waals surface area contributed by atoms with Crippen LogP contribution in [0, 0.1) is 10.1 Å². The molecule has 3 aromatic rings. The van der Waals surface area contributed by atoms with Crippen molar-refractivity contribution in [2.75, 3.05) is 22.9 Å². The fourth-order valence-corrected chi connectivity index (χ4v) is 2.40. The van der Waals surface area contributed by atoms with Crippen LogP contribution < -0.4 is 16.4 Å². The van der Waals surface area contributed by atoms with Crippen molar-refractivity contribution in [1.82, 2.24) is 9.97 Å². The third kappa shape index (κ3) is 4.26. The third-order valence-corrected chi connectivity index (χ3v) is 3.64. The smallest absolute Gasteiger partial charge is 0.353 e. The summed E-state index contributed by atoms with van der Waals surface area (Å²) in [5.41, 5.74) is 6.56. The standard InChI is InChI=1S/C17H18N6O3/c18-15-14(23(24)25)16(20-11-13-7-4-10-26-13)22-17(21-15)19-9-8-12-5-2-1-3-6-12/h1-7,10H,8-9,11H2,(H4,18,19,20,21,22). The highest BCUT2D eigenvalue weighted by Crippen LogP contribution is 2.29. The molecule has 0 aliphatic rings. The van der Waals surface area contributed by atoms with Crippen molar-refractivity contribution in [1.29, 1.82) is 0 Å². The molecule has 0 radical (unpaired) electrons. The van der Waals surface area contributed by atoms with Crippen molar-refractivity contribution in [2.24, 2.45) is 0 Å². The molecule has 134 valence electrons. The first kappa shape index (κ1) is 17.2. The Hall–Kier alpha value is -3.62. The van der Waals surface area contributed by atoms with E-state index in [0.717, 1.165) is 12.0 Å². The van der Waals surface area contributed by atoms with E-state index < -0.39 is 4.92 Å². The van der Waals surface area contributed by atoms with E-state index in [1.807, 2.05) is 30.3 Å². The second-order valence-corrected chi connectivity index (χ2v) is 5.48. The highest BCUT2D eigenvalue weighted by Gasteiger charge is 2.23. The van der Waals surface area contributed by atoms with Crippen LogP contribution in [0.2, 0.25) is 0 Å². The average molecular weight is 354 g/mol. The highest BCUT2D eigenvalue weighted by atomic mass is 16.6. The van der Waals surface area contributed by atoms with Gasteiger partial charge in [-0.15, -0.1) is 0 Å². The zero-order chi connectivity index (χ0) is 18.4. The molecular formula is C17H18N6O3. The van der Waals surface area contributed by atoms with Crippen LogP contribution in [0.4, 0.5) is 23.3 Å². The lowest BCUT2D eigenvalue weighted by atomic mass is 10.1. The number of nitrogen functional groups attached to an aromatic ring is 1. The Kier molecular flexibility index (Phi) is 5.28. The molecule has 0 aliphatic carbocycles. The predicted molar refractivity (Wildman–Crippen MR) is 97.8 cm³/mol. The Morgan fingerprint density at radius 3 is 2.62 bits per heavy atom. The zero-order valence-corrected chi connectivity index (χ0v) is 13.9. The van der Waals surface area contributed by atoms with E-state index in [-0.39, 0.29) is 29.8 Å². The monoisotopic (exact) mass is 354 g/mol. The quantitative estimate of drug-likeness (QED) is 0.415. The minimum atomic E-state index is -0.604. The van der Waals surface area contributed by atoms with Crippen LogP contribution >= 0.6 is 0 Å². The minimum absolute atomic E-state index is 0.0427. The lowest BCUT2D eigenvalue weighted by Crippen LogP contribution is -2.13. The molecule has 0 saturated carbocycles. The topological polar surface area (TPSA) is 132 Å². The number of anilines is 3. The summed E-state index contributed by atoms with van der Waals surface area (Å²) in [6, 6.07) is 13.4. The van der Waals surface area contributed by atoms with Crippen LogP contribution in [0.1, 0.15) is 11.3 Å². The second-order valence-electron chi connectivity index (χ2n) is 5.48. The minimum Gasteiger partial charge on any atom is -0.467 e. The van der Waals surface area contributed by atoms with Gasteiger partial charge in [0.1, 0.15) is 5.76 Å². The third-order valence-electron chi connectivity index (χ3n) is 3.64. The van der Waals surface area contributed by atoms with Crippen molar-refractivity contribution in [2.45, 2.75) is 13.0 Å². The molecule has 0 amide bonds. The van der Waals surface area contributed by atoms with Crippen molar-refractivity contribution in [3.63, 3.8) is 0 Å². The average Bonchev–Trinajstić information content (AvgIpc) is 3.14. The molecule has 4 N–H and O–H groups in total. The number of nitrogens with two attached hydrogens (primary N) is 1. The van der Waals surface area contributed by atoms with Crippen LogP contribution in [0.15, 0.2) is 53.1 Å². The molecule has 0 saturated heterocycles. The lowest BCUT2D eigenvalue weighted by molar-refractivity contribution is -0.383. The number of rotatable bonds is 8. The lowest BCUT2D eigenvalue weighted by Gasteiger charge is -2.10.